The molecule has 0 saturated heterocycles. The smallest absolute Gasteiger partial charge is 0.330 e. The van der Waals surface area contributed by atoms with Crippen LogP contribution in [0.25, 0.3) is 0 Å². The summed E-state index contributed by atoms with van der Waals surface area (Å²) in [7, 11) is 1.54. The summed E-state index contributed by atoms with van der Waals surface area (Å²) < 4.78 is 9.20. The Balaban J connectivity index is 3.73. The molecule has 0 unspecified atom stereocenters. The Morgan fingerprint density at radius 3 is 1.89 bits per heavy atom. The number of rotatable bonds is 16. The molecule has 0 aliphatic carbocycles. The summed E-state index contributed by atoms with van der Waals surface area (Å²) in [6.45, 7) is 2.08. The molecular weight excluding hydrogens is 364 g/mol. The standard InChI is InChI=1S/C20H36N2O6/c1-3-4-5-6-7-8-9-10-11-12-17(23)27-18(24)14-13-16(21)20(26)28-19(25)15-22-2/h16,22H,3-15,21H2,1-2H3/t16-/m0/s1. The van der Waals surface area contributed by atoms with Crippen molar-refractivity contribution in [3.8, 4) is 0 Å². The van der Waals surface area contributed by atoms with Crippen molar-refractivity contribution in [3.63, 3.8) is 0 Å². The molecule has 0 spiro atoms. The van der Waals surface area contributed by atoms with Gasteiger partial charge in [-0.05, 0) is 19.9 Å². The van der Waals surface area contributed by atoms with Crippen LogP contribution in [0.2, 0.25) is 0 Å². The molecule has 0 bridgehead atoms. The molecule has 8 nitrogen and oxygen atoms in total. The minimum atomic E-state index is -1.12. The zero-order valence-electron chi connectivity index (χ0n) is 17.3. The summed E-state index contributed by atoms with van der Waals surface area (Å²) in [4.78, 5) is 46.0. The minimum absolute atomic E-state index is 0.0597. The molecule has 0 fully saturated rings. The summed E-state index contributed by atoms with van der Waals surface area (Å²) in [5, 5.41) is 2.54. The fourth-order valence-electron chi connectivity index (χ4n) is 2.57. The highest BCUT2D eigenvalue weighted by molar-refractivity contribution is 5.90. The predicted octanol–water partition coefficient (Wildman–Crippen LogP) is 2.37. The number of hydrogen-bond acceptors (Lipinski definition) is 8. The summed E-state index contributed by atoms with van der Waals surface area (Å²) >= 11 is 0. The Morgan fingerprint density at radius 2 is 1.32 bits per heavy atom. The van der Waals surface area contributed by atoms with Crippen LogP contribution >= 0.6 is 0 Å². The van der Waals surface area contributed by atoms with Crippen molar-refractivity contribution < 1.29 is 28.7 Å². The molecule has 8 heteroatoms. The average Bonchev–Trinajstić information content (AvgIpc) is 2.64. The molecule has 1 atom stereocenters. The largest absolute Gasteiger partial charge is 0.393 e. The third-order valence-corrected chi connectivity index (χ3v) is 4.21. The molecule has 162 valence electrons. The molecule has 0 radical (unpaired) electrons. The van der Waals surface area contributed by atoms with E-state index in [1.54, 1.807) is 0 Å². The molecule has 0 aromatic carbocycles. The molecule has 0 heterocycles. The van der Waals surface area contributed by atoms with Crippen molar-refractivity contribution in [1.29, 1.82) is 0 Å². The van der Waals surface area contributed by atoms with Crippen molar-refractivity contribution in [2.75, 3.05) is 13.6 Å². The van der Waals surface area contributed by atoms with E-state index in [0.29, 0.717) is 6.42 Å². The number of unbranched alkanes of at least 4 members (excludes halogenated alkanes) is 8. The lowest BCUT2D eigenvalue weighted by molar-refractivity contribution is -0.160. The van der Waals surface area contributed by atoms with E-state index in [1.165, 1.54) is 45.6 Å². The van der Waals surface area contributed by atoms with Crippen molar-refractivity contribution in [2.45, 2.75) is 90.0 Å². The number of esters is 4. The van der Waals surface area contributed by atoms with Gasteiger partial charge in [-0.25, -0.2) is 4.79 Å². The van der Waals surface area contributed by atoms with Gasteiger partial charge >= 0.3 is 23.9 Å². The van der Waals surface area contributed by atoms with Crippen LogP contribution in [0, 0.1) is 0 Å². The van der Waals surface area contributed by atoms with Gasteiger partial charge in [-0.3, -0.25) is 14.4 Å². The molecule has 0 aliphatic heterocycles. The van der Waals surface area contributed by atoms with Gasteiger partial charge in [0.05, 0.1) is 6.54 Å². The van der Waals surface area contributed by atoms with Crippen molar-refractivity contribution >= 4 is 23.9 Å². The maximum atomic E-state index is 11.6. The van der Waals surface area contributed by atoms with Gasteiger partial charge in [0, 0.05) is 12.8 Å². The first-order chi connectivity index (χ1) is 13.4. The number of nitrogens with two attached hydrogens (primary N) is 1. The lowest BCUT2D eigenvalue weighted by Gasteiger charge is -2.09. The summed E-state index contributed by atoms with van der Waals surface area (Å²) in [6, 6.07) is -1.12. The van der Waals surface area contributed by atoms with Gasteiger partial charge in [0.15, 0.2) is 0 Å². The molecule has 3 N–H and O–H groups in total. The van der Waals surface area contributed by atoms with Crippen LogP contribution in [0.3, 0.4) is 0 Å². The first-order valence-corrected chi connectivity index (χ1v) is 10.3. The van der Waals surface area contributed by atoms with Gasteiger partial charge in [-0.1, -0.05) is 58.3 Å². The number of hydrogen-bond donors (Lipinski definition) is 2. The van der Waals surface area contributed by atoms with E-state index >= 15 is 0 Å². The highest BCUT2D eigenvalue weighted by Crippen LogP contribution is 2.11. The van der Waals surface area contributed by atoms with Gasteiger partial charge in [0.2, 0.25) is 0 Å². The predicted molar refractivity (Wildman–Crippen MR) is 105 cm³/mol. The Labute approximate surface area is 167 Å². The molecule has 0 aliphatic rings. The second-order valence-corrected chi connectivity index (χ2v) is 6.89. The van der Waals surface area contributed by atoms with Crippen molar-refractivity contribution in [1.82, 2.24) is 5.32 Å². The number of ether oxygens (including phenoxy) is 2. The molecule has 28 heavy (non-hydrogen) atoms. The van der Waals surface area contributed by atoms with E-state index in [1.807, 2.05) is 0 Å². The highest BCUT2D eigenvalue weighted by atomic mass is 16.6. The second-order valence-electron chi connectivity index (χ2n) is 6.89. The first-order valence-electron chi connectivity index (χ1n) is 10.3. The van der Waals surface area contributed by atoms with Gasteiger partial charge in [0.25, 0.3) is 0 Å². The lowest BCUT2D eigenvalue weighted by Crippen LogP contribution is -2.36. The van der Waals surface area contributed by atoms with Crippen LogP contribution in [-0.4, -0.2) is 43.5 Å². The van der Waals surface area contributed by atoms with E-state index in [4.69, 9.17) is 10.5 Å². The number of carbonyl (C=O) groups excluding carboxylic acids is 4. The number of nitrogens with one attached hydrogen (secondary N) is 1. The Morgan fingerprint density at radius 1 is 0.786 bits per heavy atom. The van der Waals surface area contributed by atoms with Gasteiger partial charge < -0.3 is 20.5 Å². The third kappa shape index (κ3) is 15.3. The van der Waals surface area contributed by atoms with Crippen LogP contribution in [-0.2, 0) is 28.7 Å². The second kappa shape index (κ2) is 17.3. The van der Waals surface area contributed by atoms with Gasteiger partial charge in [-0.2, -0.15) is 0 Å². The van der Waals surface area contributed by atoms with Gasteiger partial charge in [0.1, 0.15) is 6.04 Å². The fraction of sp³-hybridized carbons (Fsp3) is 0.800. The van der Waals surface area contributed by atoms with E-state index < -0.39 is 29.9 Å². The molecule has 0 aromatic heterocycles. The van der Waals surface area contributed by atoms with Crippen LogP contribution in [0.15, 0.2) is 0 Å². The number of likely N-dealkylation sites (N-methyl/N-ethyl adjacent to an activating group) is 1. The SMILES string of the molecule is CCCCCCCCCCCC(=O)OC(=O)CC[C@H](N)C(=O)OC(=O)CNC. The topological polar surface area (TPSA) is 125 Å². The average molecular weight is 401 g/mol. The summed E-state index contributed by atoms with van der Waals surface area (Å²) in [5.41, 5.74) is 5.57. The molecule has 0 saturated carbocycles. The van der Waals surface area contributed by atoms with Crippen LogP contribution in [0.5, 0.6) is 0 Å². The van der Waals surface area contributed by atoms with Crippen LogP contribution < -0.4 is 11.1 Å². The van der Waals surface area contributed by atoms with E-state index in [-0.39, 0.29) is 25.8 Å². The molecule has 0 rings (SSSR count). The lowest BCUT2D eigenvalue weighted by atomic mass is 10.1. The Kier molecular flexibility index (Phi) is 16.2. The zero-order valence-corrected chi connectivity index (χ0v) is 17.3. The Hall–Kier alpha value is -1.80. The number of carbonyl (C=O) groups is 4. The van der Waals surface area contributed by atoms with Crippen molar-refractivity contribution in [2.24, 2.45) is 5.73 Å². The summed E-state index contributed by atoms with van der Waals surface area (Å²) in [6.07, 6.45) is 10.2. The Bertz CT molecular complexity index is 481. The molecular formula is C20H36N2O6. The summed E-state index contributed by atoms with van der Waals surface area (Å²) in [5.74, 6) is -2.95. The first kappa shape index (κ1) is 26.2. The molecule has 0 amide bonds. The monoisotopic (exact) mass is 400 g/mol. The third-order valence-electron chi connectivity index (χ3n) is 4.21. The van der Waals surface area contributed by atoms with Crippen LogP contribution in [0.1, 0.15) is 84.0 Å². The minimum Gasteiger partial charge on any atom is -0.393 e. The highest BCUT2D eigenvalue weighted by Gasteiger charge is 2.20. The van der Waals surface area contributed by atoms with Crippen molar-refractivity contribution in [3.05, 3.63) is 0 Å². The normalized spacial score (nSPS) is 11.7. The van der Waals surface area contributed by atoms with Crippen LogP contribution in [0.4, 0.5) is 0 Å². The fourth-order valence-corrected chi connectivity index (χ4v) is 2.57. The van der Waals surface area contributed by atoms with E-state index in [2.05, 4.69) is 17.0 Å². The zero-order chi connectivity index (χ0) is 21.2. The maximum absolute atomic E-state index is 11.6. The maximum Gasteiger partial charge on any atom is 0.330 e. The molecule has 0 aromatic rings. The van der Waals surface area contributed by atoms with Gasteiger partial charge in [-0.15, -0.1) is 0 Å². The quantitative estimate of drug-likeness (QED) is 0.230. The van der Waals surface area contributed by atoms with E-state index in [0.717, 1.165) is 12.8 Å². The van der Waals surface area contributed by atoms with E-state index in [9.17, 15) is 19.2 Å².